The Hall–Kier alpha value is -2.40. The molecule has 1 saturated heterocycles. The van der Waals surface area contributed by atoms with Gasteiger partial charge in [0.05, 0.1) is 5.69 Å². The highest BCUT2D eigenvalue weighted by Gasteiger charge is 2.12. The molecular formula is C19H23N5. The van der Waals surface area contributed by atoms with Crippen molar-refractivity contribution in [2.45, 2.75) is 32.9 Å². The number of nitrogens with one attached hydrogen (secondary N) is 1. The molecule has 3 aromatic rings. The van der Waals surface area contributed by atoms with Crippen molar-refractivity contribution in [3.8, 4) is 0 Å². The smallest absolute Gasteiger partial charge is 0.152 e. The lowest BCUT2D eigenvalue weighted by molar-refractivity contribution is 0.331. The number of fused-ring (bicyclic) bond motifs is 1. The van der Waals surface area contributed by atoms with Gasteiger partial charge in [-0.1, -0.05) is 24.3 Å². The third-order valence-corrected chi connectivity index (χ3v) is 4.57. The summed E-state index contributed by atoms with van der Waals surface area (Å²) < 4.78 is 1.87. The minimum absolute atomic E-state index is 0.769. The summed E-state index contributed by atoms with van der Waals surface area (Å²) in [5.74, 6) is 0.878. The predicted octanol–water partition coefficient (Wildman–Crippen LogP) is 3.25. The van der Waals surface area contributed by atoms with E-state index in [1.54, 1.807) is 6.20 Å². The Morgan fingerprint density at radius 3 is 2.83 bits per heavy atom. The number of hydrogen-bond acceptors (Lipinski definition) is 4. The molecule has 0 amide bonds. The summed E-state index contributed by atoms with van der Waals surface area (Å²) in [4.78, 5) is 6.99. The maximum absolute atomic E-state index is 4.46. The third-order valence-electron chi connectivity index (χ3n) is 4.57. The minimum Gasteiger partial charge on any atom is -0.364 e. The normalized spacial score (nSPS) is 15.2. The molecule has 0 spiro atoms. The van der Waals surface area contributed by atoms with Gasteiger partial charge in [-0.2, -0.15) is 5.10 Å². The summed E-state index contributed by atoms with van der Waals surface area (Å²) >= 11 is 0. The Morgan fingerprint density at radius 1 is 1.12 bits per heavy atom. The molecule has 24 heavy (non-hydrogen) atoms. The molecule has 1 aromatic carbocycles. The second kappa shape index (κ2) is 6.61. The van der Waals surface area contributed by atoms with Crippen LogP contribution in [0.15, 0.2) is 42.7 Å². The third kappa shape index (κ3) is 3.26. The molecular weight excluding hydrogens is 298 g/mol. The molecule has 0 bridgehead atoms. The first kappa shape index (κ1) is 15.1. The molecule has 1 aliphatic heterocycles. The minimum atomic E-state index is 0.769. The van der Waals surface area contributed by atoms with E-state index in [0.29, 0.717) is 0 Å². The average molecular weight is 321 g/mol. The molecule has 124 valence electrons. The number of nitrogens with zero attached hydrogens (tertiary/aromatic N) is 4. The van der Waals surface area contributed by atoms with Crippen LogP contribution in [-0.4, -0.2) is 32.6 Å². The first-order chi connectivity index (χ1) is 11.8. The Morgan fingerprint density at radius 2 is 1.96 bits per heavy atom. The fourth-order valence-electron chi connectivity index (χ4n) is 3.40. The van der Waals surface area contributed by atoms with E-state index in [-0.39, 0.29) is 0 Å². The summed E-state index contributed by atoms with van der Waals surface area (Å²) in [6.07, 6.45) is 6.33. The zero-order valence-corrected chi connectivity index (χ0v) is 14.1. The first-order valence-corrected chi connectivity index (χ1v) is 8.63. The van der Waals surface area contributed by atoms with Crippen LogP contribution in [0.2, 0.25) is 0 Å². The molecule has 1 N–H and O–H groups in total. The molecule has 5 heteroatoms. The van der Waals surface area contributed by atoms with Gasteiger partial charge in [0.25, 0.3) is 0 Å². The van der Waals surface area contributed by atoms with E-state index in [1.165, 1.54) is 37.1 Å². The van der Waals surface area contributed by atoms with Crippen molar-refractivity contribution >= 4 is 11.3 Å². The molecule has 4 rings (SSSR count). The summed E-state index contributed by atoms with van der Waals surface area (Å²) in [5, 5.41) is 7.88. The van der Waals surface area contributed by atoms with E-state index in [0.717, 1.165) is 30.1 Å². The maximum atomic E-state index is 4.46. The summed E-state index contributed by atoms with van der Waals surface area (Å²) in [5.41, 5.74) is 4.69. The number of aryl methyl sites for hydroxylation is 1. The van der Waals surface area contributed by atoms with Crippen molar-refractivity contribution in [1.29, 1.82) is 0 Å². The van der Waals surface area contributed by atoms with E-state index in [2.05, 4.69) is 50.6 Å². The van der Waals surface area contributed by atoms with Gasteiger partial charge in [0, 0.05) is 25.5 Å². The Bertz CT molecular complexity index is 833. The van der Waals surface area contributed by atoms with E-state index in [4.69, 9.17) is 0 Å². The van der Waals surface area contributed by atoms with Gasteiger partial charge in [-0.15, -0.1) is 0 Å². The van der Waals surface area contributed by atoms with Gasteiger partial charge in [0.15, 0.2) is 5.82 Å². The standard InChI is InChI=1S/C19H23N5/c1-15-11-18-19(20-7-10-24(18)22-15)21-13-16-5-4-6-17(12-16)14-23-8-2-3-9-23/h4-7,10-12H,2-3,8-9,13-14H2,1H3,(H,20,21). The average Bonchev–Trinajstić information content (AvgIpc) is 3.22. The van der Waals surface area contributed by atoms with E-state index >= 15 is 0 Å². The molecule has 0 atom stereocenters. The summed E-state index contributed by atoms with van der Waals surface area (Å²) in [6.45, 7) is 6.29. The van der Waals surface area contributed by atoms with Gasteiger partial charge in [0.1, 0.15) is 5.52 Å². The highest BCUT2D eigenvalue weighted by atomic mass is 15.2. The quantitative estimate of drug-likeness (QED) is 0.783. The Labute approximate surface area is 142 Å². The SMILES string of the molecule is Cc1cc2c(NCc3cccc(CN4CCCC4)c3)nccn2n1. The van der Waals surface area contributed by atoms with Gasteiger partial charge in [-0.05, 0) is 50.0 Å². The number of likely N-dealkylation sites (tertiary alicyclic amines) is 1. The van der Waals surface area contributed by atoms with Crippen LogP contribution in [-0.2, 0) is 13.1 Å². The van der Waals surface area contributed by atoms with Crippen molar-refractivity contribution in [2.24, 2.45) is 0 Å². The zero-order chi connectivity index (χ0) is 16.4. The molecule has 1 aliphatic rings. The molecule has 0 aliphatic carbocycles. The highest BCUT2D eigenvalue weighted by Crippen LogP contribution is 2.17. The van der Waals surface area contributed by atoms with Crippen molar-refractivity contribution in [3.05, 3.63) is 59.5 Å². The number of benzene rings is 1. The lowest BCUT2D eigenvalue weighted by atomic mass is 10.1. The first-order valence-electron chi connectivity index (χ1n) is 8.63. The molecule has 0 radical (unpaired) electrons. The fourth-order valence-corrected chi connectivity index (χ4v) is 3.40. The van der Waals surface area contributed by atoms with Crippen LogP contribution < -0.4 is 5.32 Å². The maximum Gasteiger partial charge on any atom is 0.152 e. The highest BCUT2D eigenvalue weighted by molar-refractivity contribution is 5.67. The van der Waals surface area contributed by atoms with E-state index in [9.17, 15) is 0 Å². The Kier molecular flexibility index (Phi) is 4.17. The molecule has 0 unspecified atom stereocenters. The van der Waals surface area contributed by atoms with E-state index < -0.39 is 0 Å². The zero-order valence-electron chi connectivity index (χ0n) is 14.1. The van der Waals surface area contributed by atoms with Crippen molar-refractivity contribution in [2.75, 3.05) is 18.4 Å². The van der Waals surface area contributed by atoms with Crippen LogP contribution in [0.25, 0.3) is 5.52 Å². The predicted molar refractivity (Wildman–Crippen MR) is 96.0 cm³/mol. The summed E-state index contributed by atoms with van der Waals surface area (Å²) in [6, 6.07) is 10.9. The number of rotatable bonds is 5. The monoisotopic (exact) mass is 321 g/mol. The van der Waals surface area contributed by atoms with Crippen molar-refractivity contribution in [1.82, 2.24) is 19.5 Å². The van der Waals surface area contributed by atoms with E-state index in [1.807, 2.05) is 17.6 Å². The van der Waals surface area contributed by atoms with Gasteiger partial charge in [0.2, 0.25) is 0 Å². The number of anilines is 1. The Balaban J connectivity index is 1.46. The van der Waals surface area contributed by atoms with Crippen LogP contribution >= 0.6 is 0 Å². The van der Waals surface area contributed by atoms with Crippen molar-refractivity contribution in [3.63, 3.8) is 0 Å². The molecule has 5 nitrogen and oxygen atoms in total. The molecule has 2 aromatic heterocycles. The lowest BCUT2D eigenvalue weighted by Crippen LogP contribution is -2.18. The van der Waals surface area contributed by atoms with Gasteiger partial charge in [-0.3, -0.25) is 4.90 Å². The second-order valence-corrected chi connectivity index (χ2v) is 6.55. The fraction of sp³-hybridized carbons (Fsp3) is 0.368. The van der Waals surface area contributed by atoms with Crippen LogP contribution in [0, 0.1) is 6.92 Å². The van der Waals surface area contributed by atoms with Crippen LogP contribution in [0.1, 0.15) is 29.7 Å². The topological polar surface area (TPSA) is 45.5 Å². The largest absolute Gasteiger partial charge is 0.364 e. The van der Waals surface area contributed by atoms with Crippen LogP contribution in [0.5, 0.6) is 0 Å². The van der Waals surface area contributed by atoms with Gasteiger partial charge in [-0.25, -0.2) is 9.50 Å². The van der Waals surface area contributed by atoms with Gasteiger partial charge < -0.3 is 5.32 Å². The van der Waals surface area contributed by atoms with Crippen LogP contribution in [0.4, 0.5) is 5.82 Å². The lowest BCUT2D eigenvalue weighted by Gasteiger charge is -2.15. The second-order valence-electron chi connectivity index (χ2n) is 6.55. The van der Waals surface area contributed by atoms with Crippen molar-refractivity contribution < 1.29 is 0 Å². The summed E-state index contributed by atoms with van der Waals surface area (Å²) in [7, 11) is 0. The number of aromatic nitrogens is 3. The molecule has 3 heterocycles. The number of hydrogen-bond donors (Lipinski definition) is 1. The molecule has 0 saturated carbocycles. The van der Waals surface area contributed by atoms with Crippen LogP contribution in [0.3, 0.4) is 0 Å². The molecule has 1 fully saturated rings. The van der Waals surface area contributed by atoms with Gasteiger partial charge >= 0.3 is 0 Å².